The monoisotopic (exact) mass is 264 g/mol. The smallest absolute Gasteiger partial charge is 0.321 e. The highest BCUT2D eigenvalue weighted by Gasteiger charge is 2.05. The SMILES string of the molecule is CC(C)CCOCCNC(=O)NC(=O)CCCl. The molecular formula is C11H21ClN2O3. The van der Waals surface area contributed by atoms with Gasteiger partial charge >= 0.3 is 6.03 Å². The second kappa shape index (κ2) is 10.4. The van der Waals surface area contributed by atoms with E-state index in [1.54, 1.807) is 0 Å². The molecule has 0 fully saturated rings. The van der Waals surface area contributed by atoms with Gasteiger partial charge in [0.05, 0.1) is 6.61 Å². The lowest BCUT2D eigenvalue weighted by Crippen LogP contribution is -2.40. The maximum atomic E-state index is 11.1. The van der Waals surface area contributed by atoms with Gasteiger partial charge in [0, 0.05) is 25.5 Å². The molecule has 2 N–H and O–H groups in total. The molecule has 3 amide bonds. The van der Waals surface area contributed by atoms with E-state index in [1.165, 1.54) is 0 Å². The third kappa shape index (κ3) is 11.5. The molecule has 0 radical (unpaired) electrons. The van der Waals surface area contributed by atoms with E-state index >= 15 is 0 Å². The molecule has 100 valence electrons. The first-order chi connectivity index (χ1) is 8.06. The van der Waals surface area contributed by atoms with Crippen molar-refractivity contribution in [1.82, 2.24) is 10.6 Å². The summed E-state index contributed by atoms with van der Waals surface area (Å²) in [5.41, 5.74) is 0. The summed E-state index contributed by atoms with van der Waals surface area (Å²) in [5.74, 6) is 0.440. The summed E-state index contributed by atoms with van der Waals surface area (Å²) in [7, 11) is 0. The number of amides is 3. The quantitative estimate of drug-likeness (QED) is 0.516. The van der Waals surface area contributed by atoms with Crippen LogP contribution in [0.1, 0.15) is 26.7 Å². The van der Waals surface area contributed by atoms with Crippen molar-refractivity contribution in [2.45, 2.75) is 26.7 Å². The molecule has 0 heterocycles. The number of hydrogen-bond donors (Lipinski definition) is 2. The first-order valence-electron chi connectivity index (χ1n) is 5.77. The number of alkyl halides is 1. The van der Waals surface area contributed by atoms with Crippen molar-refractivity contribution >= 4 is 23.5 Å². The number of urea groups is 1. The Hall–Kier alpha value is -0.810. The Morgan fingerprint density at radius 3 is 2.59 bits per heavy atom. The van der Waals surface area contributed by atoms with Gasteiger partial charge in [0.1, 0.15) is 0 Å². The molecule has 17 heavy (non-hydrogen) atoms. The highest BCUT2D eigenvalue weighted by Crippen LogP contribution is 1.98. The van der Waals surface area contributed by atoms with Crippen molar-refractivity contribution in [3.8, 4) is 0 Å². The number of carbonyl (C=O) groups is 2. The summed E-state index contributed by atoms with van der Waals surface area (Å²) in [6.45, 7) is 5.77. The largest absolute Gasteiger partial charge is 0.380 e. The lowest BCUT2D eigenvalue weighted by atomic mass is 10.1. The third-order valence-corrected chi connectivity index (χ3v) is 2.13. The summed E-state index contributed by atoms with van der Waals surface area (Å²) in [4.78, 5) is 22.1. The second-order valence-corrected chi connectivity index (χ2v) is 4.42. The van der Waals surface area contributed by atoms with Crippen LogP contribution in [0.25, 0.3) is 0 Å². The van der Waals surface area contributed by atoms with Crippen LogP contribution in [0.4, 0.5) is 4.79 Å². The minimum Gasteiger partial charge on any atom is -0.380 e. The van der Waals surface area contributed by atoms with E-state index in [4.69, 9.17) is 16.3 Å². The number of imide groups is 1. The maximum absolute atomic E-state index is 11.1. The minimum atomic E-state index is -0.507. The molecule has 5 nitrogen and oxygen atoms in total. The number of ether oxygens (including phenoxy) is 1. The van der Waals surface area contributed by atoms with Crippen LogP contribution in [-0.4, -0.2) is 37.6 Å². The fourth-order valence-corrected chi connectivity index (χ4v) is 1.15. The van der Waals surface area contributed by atoms with Crippen molar-refractivity contribution in [2.24, 2.45) is 5.92 Å². The molecule has 0 aromatic rings. The van der Waals surface area contributed by atoms with Crippen LogP contribution in [-0.2, 0) is 9.53 Å². The van der Waals surface area contributed by atoms with Gasteiger partial charge in [-0.05, 0) is 12.3 Å². The molecular weight excluding hydrogens is 244 g/mol. The van der Waals surface area contributed by atoms with Gasteiger partial charge in [-0.25, -0.2) is 4.79 Å². The van der Waals surface area contributed by atoms with Crippen LogP contribution >= 0.6 is 11.6 Å². The molecule has 0 rings (SSSR count). The molecule has 0 saturated carbocycles. The van der Waals surface area contributed by atoms with Gasteiger partial charge in [-0.3, -0.25) is 10.1 Å². The third-order valence-electron chi connectivity index (χ3n) is 1.95. The van der Waals surface area contributed by atoms with Gasteiger partial charge in [0.15, 0.2) is 0 Å². The number of halogens is 1. The number of nitrogens with one attached hydrogen (secondary N) is 2. The van der Waals surface area contributed by atoms with Crippen LogP contribution in [0.2, 0.25) is 0 Å². The molecule has 6 heteroatoms. The summed E-state index contributed by atoms with van der Waals surface area (Å²) in [6, 6.07) is -0.507. The Morgan fingerprint density at radius 2 is 2.00 bits per heavy atom. The lowest BCUT2D eigenvalue weighted by Gasteiger charge is -2.08. The molecule has 0 saturated heterocycles. The van der Waals surface area contributed by atoms with Crippen molar-refractivity contribution < 1.29 is 14.3 Å². The molecule has 0 aliphatic rings. The van der Waals surface area contributed by atoms with Crippen molar-refractivity contribution in [2.75, 3.05) is 25.6 Å². The standard InChI is InChI=1S/C11H21ClN2O3/c1-9(2)4-7-17-8-6-13-11(16)14-10(15)3-5-12/h9H,3-8H2,1-2H3,(H2,13,14,15,16). The molecule has 0 bridgehead atoms. The van der Waals surface area contributed by atoms with E-state index < -0.39 is 6.03 Å². The van der Waals surface area contributed by atoms with Crippen molar-refractivity contribution in [3.63, 3.8) is 0 Å². The molecule has 0 aromatic carbocycles. The summed E-state index contributed by atoms with van der Waals surface area (Å²) in [6.07, 6.45) is 1.14. The average Bonchev–Trinajstić information content (AvgIpc) is 2.23. The number of rotatable bonds is 8. The van der Waals surface area contributed by atoms with E-state index in [2.05, 4.69) is 24.5 Å². The normalized spacial score (nSPS) is 10.4. The molecule has 0 spiro atoms. The van der Waals surface area contributed by atoms with Gasteiger partial charge in [0.25, 0.3) is 0 Å². The maximum Gasteiger partial charge on any atom is 0.321 e. The Labute approximate surface area is 107 Å². The van der Waals surface area contributed by atoms with Gasteiger partial charge in [-0.1, -0.05) is 13.8 Å². The van der Waals surface area contributed by atoms with Crippen molar-refractivity contribution in [1.29, 1.82) is 0 Å². The Balaban J connectivity index is 3.36. The Kier molecular flexibility index (Phi) is 9.86. The summed E-state index contributed by atoms with van der Waals surface area (Å²) < 4.78 is 5.30. The predicted octanol–water partition coefficient (Wildman–Crippen LogP) is 1.50. The Morgan fingerprint density at radius 1 is 1.29 bits per heavy atom. The van der Waals surface area contributed by atoms with Crippen LogP contribution in [0.5, 0.6) is 0 Å². The predicted molar refractivity (Wildman–Crippen MR) is 67.2 cm³/mol. The zero-order chi connectivity index (χ0) is 13.1. The second-order valence-electron chi connectivity index (χ2n) is 4.04. The van der Waals surface area contributed by atoms with Crippen LogP contribution in [0, 0.1) is 5.92 Å². The lowest BCUT2D eigenvalue weighted by molar-refractivity contribution is -0.119. The van der Waals surface area contributed by atoms with Gasteiger partial charge < -0.3 is 10.1 Å². The van der Waals surface area contributed by atoms with E-state index in [0.717, 1.165) is 6.42 Å². The summed E-state index contributed by atoms with van der Waals surface area (Å²) >= 11 is 5.35. The number of carbonyl (C=O) groups excluding carboxylic acids is 2. The zero-order valence-corrected chi connectivity index (χ0v) is 11.2. The topological polar surface area (TPSA) is 67.4 Å². The zero-order valence-electron chi connectivity index (χ0n) is 10.4. The molecule has 0 aromatic heterocycles. The Bertz CT molecular complexity index is 235. The van der Waals surface area contributed by atoms with E-state index in [-0.39, 0.29) is 18.2 Å². The molecule has 0 atom stereocenters. The van der Waals surface area contributed by atoms with Crippen LogP contribution < -0.4 is 10.6 Å². The van der Waals surface area contributed by atoms with E-state index in [0.29, 0.717) is 25.7 Å². The minimum absolute atomic E-state index is 0.139. The van der Waals surface area contributed by atoms with Gasteiger partial charge in [-0.2, -0.15) is 0 Å². The summed E-state index contributed by atoms with van der Waals surface area (Å²) in [5, 5.41) is 4.68. The molecule has 0 aliphatic carbocycles. The van der Waals surface area contributed by atoms with Gasteiger partial charge in [-0.15, -0.1) is 11.6 Å². The first kappa shape index (κ1) is 16.2. The first-order valence-corrected chi connectivity index (χ1v) is 6.31. The fraction of sp³-hybridized carbons (Fsp3) is 0.818. The highest BCUT2D eigenvalue weighted by atomic mass is 35.5. The fourth-order valence-electron chi connectivity index (χ4n) is 0.977. The van der Waals surface area contributed by atoms with Crippen molar-refractivity contribution in [3.05, 3.63) is 0 Å². The molecule has 0 unspecified atom stereocenters. The van der Waals surface area contributed by atoms with Gasteiger partial charge in [0.2, 0.25) is 5.91 Å². The van der Waals surface area contributed by atoms with Crippen LogP contribution in [0.3, 0.4) is 0 Å². The average molecular weight is 265 g/mol. The van der Waals surface area contributed by atoms with E-state index in [1.807, 2.05) is 0 Å². The van der Waals surface area contributed by atoms with E-state index in [9.17, 15) is 9.59 Å². The number of hydrogen-bond acceptors (Lipinski definition) is 3. The molecule has 0 aliphatic heterocycles. The highest BCUT2D eigenvalue weighted by molar-refractivity contribution is 6.19. The van der Waals surface area contributed by atoms with Crippen LogP contribution in [0.15, 0.2) is 0 Å².